The SMILES string of the molecule is [Ba].[O]=[Co].[Sm].[Sr]. The van der Waals surface area contributed by atoms with Gasteiger partial charge in [0, 0.05) is 135 Å². The second kappa shape index (κ2) is 23.4. The van der Waals surface area contributed by atoms with Gasteiger partial charge in [0.1, 0.15) is 0 Å². The normalized spacial score (nSPS) is 1.00. The molecule has 0 fully saturated rings. The molecule has 5 heavy (non-hydrogen) atoms. The molecule has 5 heteroatoms. The van der Waals surface area contributed by atoms with E-state index in [0.29, 0.717) is 0 Å². The molecule has 0 rings (SSSR count). The Morgan fingerprint density at radius 2 is 1.20 bits per heavy atom. The van der Waals surface area contributed by atoms with Crippen LogP contribution in [0, 0.1) is 40.4 Å². The van der Waals surface area contributed by atoms with Crippen molar-refractivity contribution in [2.24, 2.45) is 0 Å². The van der Waals surface area contributed by atoms with Crippen molar-refractivity contribution in [3.8, 4) is 0 Å². The molecule has 0 aromatic heterocycles. The molecule has 0 aromatic carbocycles. The first kappa shape index (κ1) is 22.6. The van der Waals surface area contributed by atoms with Crippen molar-refractivity contribution in [2.75, 3.05) is 0 Å². The van der Waals surface area contributed by atoms with Crippen molar-refractivity contribution in [3.05, 3.63) is 0 Å². The van der Waals surface area contributed by atoms with Crippen molar-refractivity contribution in [2.45, 2.75) is 0 Å². The fourth-order valence-electron chi connectivity index (χ4n) is 0. The summed E-state index contributed by atoms with van der Waals surface area (Å²) in [6, 6.07) is 0. The molecule has 0 unspecified atom stereocenters. The Kier molecular flexibility index (Phi) is 106. The third-order valence-corrected chi connectivity index (χ3v) is 0. The first-order valence-electron chi connectivity index (χ1n) is 0.136. The van der Waals surface area contributed by atoms with Gasteiger partial charge >= 0.3 is 19.5 Å². The monoisotopic (exact) mass is 453 g/mol. The van der Waals surface area contributed by atoms with Crippen LogP contribution in [0.1, 0.15) is 0 Å². The maximum Gasteiger partial charge on any atom is 0 e. The van der Waals surface area contributed by atoms with Gasteiger partial charge < -0.3 is 0 Å². The maximum atomic E-state index is 7.94. The molecule has 1 nitrogen and oxygen atoms in total. The standard InChI is InChI=1S/Ba.Co.O.Sm.Sr. The third kappa shape index (κ3) is 17.7. The molecule has 0 atom stereocenters. The minimum atomic E-state index is 0. The fourth-order valence-corrected chi connectivity index (χ4v) is 0. The molecule has 0 saturated carbocycles. The predicted octanol–water partition coefficient (Wildman–Crippen LogP) is -0.883. The summed E-state index contributed by atoms with van der Waals surface area (Å²) in [5.74, 6) is 0. The zero-order valence-corrected chi connectivity index (χ0v) is 14.1. The molecule has 0 bridgehead atoms. The minimum Gasteiger partial charge on any atom is 0 e. The van der Waals surface area contributed by atoms with Gasteiger partial charge in [0.2, 0.25) is 0 Å². The minimum absolute atomic E-state index is 0. The van der Waals surface area contributed by atoms with E-state index in [1.807, 2.05) is 0 Å². The van der Waals surface area contributed by atoms with Crippen LogP contribution in [0.2, 0.25) is 0 Å². The summed E-state index contributed by atoms with van der Waals surface area (Å²) < 4.78 is 7.94. The van der Waals surface area contributed by atoms with Crippen LogP contribution in [0.3, 0.4) is 0 Å². The Bertz CT molecular complexity index is 11.6. The summed E-state index contributed by atoms with van der Waals surface area (Å²) in [6.07, 6.45) is 0. The van der Waals surface area contributed by atoms with Gasteiger partial charge in [-0.05, 0) is 0 Å². The molecule has 0 aliphatic heterocycles. The molecule has 4 radical (unpaired) electrons. The van der Waals surface area contributed by atoms with Gasteiger partial charge in [-0.15, -0.1) is 0 Å². The van der Waals surface area contributed by atoms with E-state index >= 15 is 0 Å². The van der Waals surface area contributed by atoms with Gasteiger partial charge in [0.15, 0.2) is 0 Å². The van der Waals surface area contributed by atoms with Crippen molar-refractivity contribution in [1.29, 1.82) is 0 Å². The molecular formula is BaCoOSmSr. The summed E-state index contributed by atoms with van der Waals surface area (Å²) in [6.45, 7) is 0. The van der Waals surface area contributed by atoms with Crippen molar-refractivity contribution >= 4 is 94.4 Å². The van der Waals surface area contributed by atoms with Gasteiger partial charge in [0.05, 0.1) is 0 Å². The van der Waals surface area contributed by atoms with Crippen LogP contribution in [-0.2, 0) is 19.5 Å². The van der Waals surface area contributed by atoms with Crippen molar-refractivity contribution < 1.29 is 59.9 Å². The average molecular weight is 450 g/mol. The van der Waals surface area contributed by atoms with Gasteiger partial charge in [-0.3, -0.25) is 0 Å². The largest absolute Gasteiger partial charge is 0 e. The molecule has 0 amide bonds. The summed E-state index contributed by atoms with van der Waals surface area (Å²) in [4.78, 5) is 0. The Morgan fingerprint density at radius 1 is 1.20 bits per heavy atom. The van der Waals surface area contributed by atoms with Crippen LogP contribution >= 0.6 is 0 Å². The molecular weight excluding hydrogens is 450 g/mol. The number of hydrogen-bond donors (Lipinski definition) is 0. The molecule has 0 saturated heterocycles. The summed E-state index contributed by atoms with van der Waals surface area (Å²) in [5, 5.41) is 0. The van der Waals surface area contributed by atoms with Crippen LogP contribution in [0.5, 0.6) is 0 Å². The van der Waals surface area contributed by atoms with E-state index in [1.54, 1.807) is 0 Å². The molecule has 0 N–H and O–H groups in total. The van der Waals surface area contributed by atoms with Crippen LogP contribution in [0.15, 0.2) is 0 Å². The Labute approximate surface area is 149 Å². The second-order valence-electron chi connectivity index (χ2n) is 0. The summed E-state index contributed by atoms with van der Waals surface area (Å²) in [7, 11) is 0. The topological polar surface area (TPSA) is 17.1 Å². The van der Waals surface area contributed by atoms with E-state index in [9.17, 15) is 0 Å². The van der Waals surface area contributed by atoms with E-state index in [4.69, 9.17) is 3.87 Å². The Balaban J connectivity index is -0.00000000167. The second-order valence-corrected chi connectivity index (χ2v) is 0. The van der Waals surface area contributed by atoms with Gasteiger partial charge in [-0.25, -0.2) is 0 Å². The van der Waals surface area contributed by atoms with Gasteiger partial charge in [-0.1, -0.05) is 0 Å². The van der Waals surface area contributed by atoms with Crippen LogP contribution < -0.4 is 0 Å². The van der Waals surface area contributed by atoms with Crippen LogP contribution in [-0.4, -0.2) is 94.4 Å². The smallest absolute Gasteiger partial charge is 0 e. The Hall–Kier alpha value is 4.70. The van der Waals surface area contributed by atoms with Gasteiger partial charge in [-0.2, -0.15) is 0 Å². The van der Waals surface area contributed by atoms with E-state index in [2.05, 4.69) is 15.7 Å². The van der Waals surface area contributed by atoms with Crippen LogP contribution in [0.25, 0.3) is 0 Å². The van der Waals surface area contributed by atoms with E-state index in [0.717, 1.165) is 0 Å². The molecule has 0 spiro atoms. The quantitative estimate of drug-likeness (QED) is 0.439. The molecule has 0 aliphatic carbocycles. The molecule has 0 aliphatic rings. The average Bonchev–Trinajstić information content (AvgIpc) is 1.00. The zero-order chi connectivity index (χ0) is 2.00. The molecule has 0 heterocycles. The Morgan fingerprint density at radius 3 is 1.20 bits per heavy atom. The number of rotatable bonds is 0. The number of hydrogen-bond acceptors (Lipinski definition) is 1. The molecule has 25 valence electrons. The van der Waals surface area contributed by atoms with Crippen molar-refractivity contribution in [3.63, 3.8) is 0 Å². The first-order chi connectivity index (χ1) is 1.00. The maximum absolute atomic E-state index is 7.94. The van der Waals surface area contributed by atoms with Crippen LogP contribution in [0.4, 0.5) is 0 Å². The first-order valence-corrected chi connectivity index (χ1v) is 0.561. The zero-order valence-electron chi connectivity index (χ0n) is 2.56. The summed E-state index contributed by atoms with van der Waals surface area (Å²) in [5.41, 5.74) is 0. The third-order valence-electron chi connectivity index (χ3n) is 0. The fraction of sp³-hybridized carbons (Fsp3) is 0. The summed E-state index contributed by atoms with van der Waals surface area (Å²) >= 11 is 2.31. The van der Waals surface area contributed by atoms with Crippen molar-refractivity contribution in [1.82, 2.24) is 0 Å². The van der Waals surface area contributed by atoms with Gasteiger partial charge in [0.25, 0.3) is 0 Å². The van der Waals surface area contributed by atoms with E-state index in [1.165, 1.54) is 0 Å². The van der Waals surface area contributed by atoms with E-state index < -0.39 is 0 Å². The molecule has 0 aromatic rings. The van der Waals surface area contributed by atoms with E-state index in [-0.39, 0.29) is 135 Å². The predicted molar refractivity (Wildman–Crippen MR) is 12.2 cm³/mol.